The number of benzene rings is 1. The molecule has 0 fully saturated rings. The molecule has 1 heterocycles. The zero-order chi connectivity index (χ0) is 14.0. The molecule has 102 valence electrons. The van der Waals surface area contributed by atoms with Crippen molar-refractivity contribution in [2.45, 2.75) is 26.9 Å². The topological polar surface area (TPSA) is 21.1 Å². The average molecular weight is 278 g/mol. The normalized spacial score (nSPS) is 11.3. The van der Waals surface area contributed by atoms with Crippen LogP contribution in [-0.2, 0) is 20.1 Å². The molecule has 1 aromatic carbocycles. The highest BCUT2D eigenvalue weighted by molar-refractivity contribution is 6.30. The minimum absolute atomic E-state index is 0.730. The molecule has 1 aromatic heterocycles. The SMILES string of the molecule is Cc1cccc(CN(C)Cc2c(C)nn(C)c2Cl)c1. The van der Waals surface area contributed by atoms with Gasteiger partial charge in [0.2, 0.25) is 0 Å². The quantitative estimate of drug-likeness (QED) is 0.855. The van der Waals surface area contributed by atoms with E-state index in [-0.39, 0.29) is 0 Å². The Morgan fingerprint density at radius 3 is 2.58 bits per heavy atom. The summed E-state index contributed by atoms with van der Waals surface area (Å²) >= 11 is 6.26. The van der Waals surface area contributed by atoms with Gasteiger partial charge in [0.25, 0.3) is 0 Å². The average Bonchev–Trinajstić information content (AvgIpc) is 2.56. The van der Waals surface area contributed by atoms with Gasteiger partial charge in [-0.15, -0.1) is 0 Å². The fraction of sp³-hybridized carbons (Fsp3) is 0.400. The van der Waals surface area contributed by atoms with E-state index < -0.39 is 0 Å². The first-order valence-electron chi connectivity index (χ1n) is 6.39. The second-order valence-corrected chi connectivity index (χ2v) is 5.50. The third kappa shape index (κ3) is 3.37. The first kappa shape index (κ1) is 14.1. The van der Waals surface area contributed by atoms with Crippen LogP contribution in [0.15, 0.2) is 24.3 Å². The molecular weight excluding hydrogens is 258 g/mol. The highest BCUT2D eigenvalue weighted by Gasteiger charge is 2.13. The molecule has 0 atom stereocenters. The number of aromatic nitrogens is 2. The van der Waals surface area contributed by atoms with Crippen LogP contribution in [0.25, 0.3) is 0 Å². The Kier molecular flexibility index (Phi) is 4.27. The molecule has 0 amide bonds. The van der Waals surface area contributed by atoms with E-state index in [1.165, 1.54) is 11.1 Å². The van der Waals surface area contributed by atoms with Crippen LogP contribution in [0.2, 0.25) is 5.15 Å². The van der Waals surface area contributed by atoms with Crippen molar-refractivity contribution in [2.24, 2.45) is 7.05 Å². The molecule has 4 heteroatoms. The lowest BCUT2D eigenvalue weighted by Crippen LogP contribution is -2.17. The Hall–Kier alpha value is -1.32. The van der Waals surface area contributed by atoms with Gasteiger partial charge in [0.05, 0.1) is 5.69 Å². The van der Waals surface area contributed by atoms with Gasteiger partial charge in [-0.3, -0.25) is 9.58 Å². The lowest BCUT2D eigenvalue weighted by Gasteiger charge is -2.17. The van der Waals surface area contributed by atoms with Gasteiger partial charge in [-0.2, -0.15) is 5.10 Å². The first-order valence-corrected chi connectivity index (χ1v) is 6.77. The lowest BCUT2D eigenvalue weighted by atomic mass is 10.1. The third-order valence-electron chi connectivity index (χ3n) is 3.23. The lowest BCUT2D eigenvalue weighted by molar-refractivity contribution is 0.318. The summed E-state index contributed by atoms with van der Waals surface area (Å²) in [4.78, 5) is 2.25. The Balaban J connectivity index is 2.07. The van der Waals surface area contributed by atoms with E-state index >= 15 is 0 Å². The molecule has 19 heavy (non-hydrogen) atoms. The van der Waals surface area contributed by atoms with E-state index in [2.05, 4.69) is 48.2 Å². The van der Waals surface area contributed by atoms with E-state index in [1.807, 2.05) is 14.0 Å². The number of hydrogen-bond donors (Lipinski definition) is 0. The van der Waals surface area contributed by atoms with E-state index in [1.54, 1.807) is 4.68 Å². The van der Waals surface area contributed by atoms with Gasteiger partial charge >= 0.3 is 0 Å². The largest absolute Gasteiger partial charge is 0.298 e. The zero-order valence-electron chi connectivity index (χ0n) is 11.9. The summed E-state index contributed by atoms with van der Waals surface area (Å²) in [6, 6.07) is 8.59. The van der Waals surface area contributed by atoms with Gasteiger partial charge in [0.1, 0.15) is 5.15 Å². The summed E-state index contributed by atoms with van der Waals surface area (Å²) < 4.78 is 1.73. The molecule has 2 aromatic rings. The summed E-state index contributed by atoms with van der Waals surface area (Å²) in [5.41, 5.74) is 4.73. The summed E-state index contributed by atoms with van der Waals surface area (Å²) in [5, 5.41) is 5.07. The number of hydrogen-bond acceptors (Lipinski definition) is 2. The zero-order valence-corrected chi connectivity index (χ0v) is 12.7. The number of rotatable bonds is 4. The Labute approximate surface area is 119 Å². The van der Waals surface area contributed by atoms with Crippen molar-refractivity contribution >= 4 is 11.6 Å². The van der Waals surface area contributed by atoms with Gasteiger partial charge < -0.3 is 0 Å². The molecule has 0 bridgehead atoms. The standard InChI is InChI=1S/C15H20ClN3/c1-11-6-5-7-13(8-11)9-18(3)10-14-12(2)17-19(4)15(14)16/h5-8H,9-10H2,1-4H3. The minimum atomic E-state index is 0.730. The molecule has 0 aliphatic heterocycles. The van der Waals surface area contributed by atoms with Crippen molar-refractivity contribution in [1.29, 1.82) is 0 Å². The van der Waals surface area contributed by atoms with Gasteiger partial charge in [-0.05, 0) is 26.5 Å². The summed E-state index contributed by atoms with van der Waals surface area (Å²) in [6.07, 6.45) is 0. The van der Waals surface area contributed by atoms with Crippen LogP contribution in [0.5, 0.6) is 0 Å². The molecule has 0 saturated heterocycles. The monoisotopic (exact) mass is 277 g/mol. The van der Waals surface area contributed by atoms with Crippen LogP contribution in [0.1, 0.15) is 22.4 Å². The Morgan fingerprint density at radius 1 is 1.26 bits per heavy atom. The predicted octanol–water partition coefficient (Wildman–Crippen LogP) is 3.32. The van der Waals surface area contributed by atoms with Crippen molar-refractivity contribution in [3.8, 4) is 0 Å². The molecule has 0 aliphatic rings. The minimum Gasteiger partial charge on any atom is -0.298 e. The molecule has 3 nitrogen and oxygen atoms in total. The highest BCUT2D eigenvalue weighted by Crippen LogP contribution is 2.20. The van der Waals surface area contributed by atoms with E-state index in [4.69, 9.17) is 11.6 Å². The molecule has 2 rings (SSSR count). The van der Waals surface area contributed by atoms with E-state index in [0.717, 1.165) is 29.5 Å². The van der Waals surface area contributed by atoms with Crippen molar-refractivity contribution in [3.05, 3.63) is 51.8 Å². The number of halogens is 1. The maximum absolute atomic E-state index is 6.26. The summed E-state index contributed by atoms with van der Waals surface area (Å²) in [7, 11) is 3.98. The maximum Gasteiger partial charge on any atom is 0.131 e. The molecule has 0 aliphatic carbocycles. The molecular formula is C15H20ClN3. The highest BCUT2D eigenvalue weighted by atomic mass is 35.5. The van der Waals surface area contributed by atoms with Crippen LogP contribution in [0, 0.1) is 13.8 Å². The van der Waals surface area contributed by atoms with Crippen molar-refractivity contribution in [1.82, 2.24) is 14.7 Å². The van der Waals surface area contributed by atoms with Crippen LogP contribution < -0.4 is 0 Å². The smallest absolute Gasteiger partial charge is 0.131 e. The fourth-order valence-corrected chi connectivity index (χ4v) is 2.54. The first-order chi connectivity index (χ1) is 8.97. The summed E-state index contributed by atoms with van der Waals surface area (Å²) in [6.45, 7) is 5.84. The molecule has 0 N–H and O–H groups in total. The molecule has 0 saturated carbocycles. The van der Waals surface area contributed by atoms with Crippen LogP contribution in [0.4, 0.5) is 0 Å². The van der Waals surface area contributed by atoms with Gasteiger partial charge in [-0.1, -0.05) is 41.4 Å². The second kappa shape index (κ2) is 5.76. The van der Waals surface area contributed by atoms with Crippen molar-refractivity contribution in [3.63, 3.8) is 0 Å². The van der Waals surface area contributed by atoms with Crippen molar-refractivity contribution in [2.75, 3.05) is 7.05 Å². The molecule has 0 radical (unpaired) electrons. The van der Waals surface area contributed by atoms with Crippen LogP contribution in [0.3, 0.4) is 0 Å². The van der Waals surface area contributed by atoms with Crippen LogP contribution in [-0.4, -0.2) is 21.7 Å². The third-order valence-corrected chi connectivity index (χ3v) is 3.71. The predicted molar refractivity (Wildman–Crippen MR) is 79.3 cm³/mol. The Morgan fingerprint density at radius 2 is 2.00 bits per heavy atom. The van der Waals surface area contributed by atoms with Gasteiger partial charge in [0.15, 0.2) is 0 Å². The van der Waals surface area contributed by atoms with Crippen LogP contribution >= 0.6 is 11.6 Å². The second-order valence-electron chi connectivity index (χ2n) is 5.14. The van der Waals surface area contributed by atoms with E-state index in [0.29, 0.717) is 0 Å². The maximum atomic E-state index is 6.26. The number of aryl methyl sites for hydroxylation is 3. The van der Waals surface area contributed by atoms with E-state index in [9.17, 15) is 0 Å². The van der Waals surface area contributed by atoms with Crippen molar-refractivity contribution < 1.29 is 0 Å². The Bertz CT molecular complexity index is 575. The van der Waals surface area contributed by atoms with Gasteiger partial charge in [0, 0.05) is 25.7 Å². The van der Waals surface area contributed by atoms with Gasteiger partial charge in [-0.25, -0.2) is 0 Å². The summed E-state index contributed by atoms with van der Waals surface area (Å²) in [5.74, 6) is 0. The molecule has 0 spiro atoms. The fourth-order valence-electron chi connectivity index (χ4n) is 2.30. The number of nitrogens with zero attached hydrogens (tertiary/aromatic N) is 3. The molecule has 0 unspecified atom stereocenters.